The van der Waals surface area contributed by atoms with Gasteiger partial charge in [0.05, 0.1) is 18.6 Å². The minimum absolute atomic E-state index is 0.203. The highest BCUT2D eigenvalue weighted by Gasteiger charge is 2.01. The van der Waals surface area contributed by atoms with Gasteiger partial charge in [0.25, 0.3) is 0 Å². The molecule has 0 aliphatic rings. The Hall–Kier alpha value is -0.870. The lowest BCUT2D eigenvalue weighted by atomic mass is 10.4. The molecule has 1 aromatic rings. The van der Waals surface area contributed by atoms with E-state index < -0.39 is 0 Å². The van der Waals surface area contributed by atoms with Crippen molar-refractivity contribution in [2.45, 2.75) is 6.54 Å². The molecule has 4 heteroatoms. The van der Waals surface area contributed by atoms with Crippen LogP contribution in [0.2, 0.25) is 0 Å². The zero-order valence-electron chi connectivity index (χ0n) is 7.56. The molecule has 1 heterocycles. The fraction of sp³-hybridized carbons (Fsp3) is 0.625. The Morgan fingerprint density at radius 2 is 2.42 bits per heavy atom. The van der Waals surface area contributed by atoms with E-state index in [0.717, 1.165) is 12.2 Å². The van der Waals surface area contributed by atoms with E-state index in [1.165, 1.54) is 0 Å². The van der Waals surface area contributed by atoms with E-state index in [9.17, 15) is 0 Å². The van der Waals surface area contributed by atoms with E-state index in [1.807, 2.05) is 24.9 Å². The van der Waals surface area contributed by atoms with Gasteiger partial charge in [-0.2, -0.15) is 0 Å². The van der Waals surface area contributed by atoms with Gasteiger partial charge in [0.1, 0.15) is 0 Å². The highest BCUT2D eigenvalue weighted by Crippen LogP contribution is 1.99. The van der Waals surface area contributed by atoms with Gasteiger partial charge in [-0.15, -0.1) is 0 Å². The third kappa shape index (κ3) is 2.32. The molecule has 0 unspecified atom stereocenters. The molecule has 0 aliphatic heterocycles. The summed E-state index contributed by atoms with van der Waals surface area (Å²) in [5.41, 5.74) is 1.16. The van der Waals surface area contributed by atoms with E-state index in [4.69, 9.17) is 5.11 Å². The molecule has 0 aliphatic carbocycles. The first-order chi connectivity index (χ1) is 5.74. The molecular formula is C8H15N3O. The highest BCUT2D eigenvalue weighted by atomic mass is 16.3. The molecule has 0 fully saturated rings. The number of aryl methyl sites for hydroxylation is 1. The summed E-state index contributed by atoms with van der Waals surface area (Å²) >= 11 is 0. The van der Waals surface area contributed by atoms with Crippen molar-refractivity contribution in [2.75, 3.05) is 20.2 Å². The van der Waals surface area contributed by atoms with Crippen LogP contribution in [0.4, 0.5) is 0 Å². The maximum absolute atomic E-state index is 8.67. The number of aromatic nitrogens is 2. The van der Waals surface area contributed by atoms with E-state index in [1.54, 1.807) is 6.33 Å². The SMILES string of the molecule is CN(CCO)Cc1cncn1C. The Labute approximate surface area is 72.4 Å². The van der Waals surface area contributed by atoms with Gasteiger partial charge in [0.15, 0.2) is 0 Å². The molecule has 1 N–H and O–H groups in total. The second kappa shape index (κ2) is 4.23. The number of rotatable bonds is 4. The van der Waals surface area contributed by atoms with Crippen LogP contribution < -0.4 is 0 Å². The molecule has 0 radical (unpaired) electrons. The fourth-order valence-corrected chi connectivity index (χ4v) is 1.06. The molecule has 0 bridgehead atoms. The molecule has 0 atom stereocenters. The van der Waals surface area contributed by atoms with Crippen LogP contribution in [0.1, 0.15) is 5.69 Å². The van der Waals surface area contributed by atoms with Gasteiger partial charge in [0, 0.05) is 26.3 Å². The molecule has 1 rings (SSSR count). The third-order valence-corrected chi connectivity index (χ3v) is 1.83. The molecule has 0 spiro atoms. The summed E-state index contributed by atoms with van der Waals surface area (Å²) in [6, 6.07) is 0. The normalized spacial score (nSPS) is 11.0. The van der Waals surface area contributed by atoms with Gasteiger partial charge < -0.3 is 9.67 Å². The van der Waals surface area contributed by atoms with Crippen LogP contribution in [-0.2, 0) is 13.6 Å². The number of imidazole rings is 1. The molecule has 4 nitrogen and oxygen atoms in total. The Balaban J connectivity index is 2.46. The number of likely N-dealkylation sites (N-methyl/N-ethyl adjacent to an activating group) is 1. The smallest absolute Gasteiger partial charge is 0.0945 e. The van der Waals surface area contributed by atoms with Crippen molar-refractivity contribution in [3.8, 4) is 0 Å². The average Bonchev–Trinajstić information content (AvgIpc) is 2.37. The van der Waals surface area contributed by atoms with Crippen molar-refractivity contribution in [2.24, 2.45) is 7.05 Å². The van der Waals surface area contributed by atoms with Gasteiger partial charge in [-0.3, -0.25) is 4.90 Å². The van der Waals surface area contributed by atoms with Crippen LogP contribution in [0.25, 0.3) is 0 Å². The molecule has 68 valence electrons. The second-order valence-electron chi connectivity index (χ2n) is 2.96. The maximum Gasteiger partial charge on any atom is 0.0945 e. The first kappa shape index (κ1) is 9.22. The van der Waals surface area contributed by atoms with Crippen LogP contribution in [0.15, 0.2) is 12.5 Å². The van der Waals surface area contributed by atoms with E-state index in [-0.39, 0.29) is 6.61 Å². The van der Waals surface area contributed by atoms with Gasteiger partial charge >= 0.3 is 0 Å². The second-order valence-corrected chi connectivity index (χ2v) is 2.96. The Kier molecular flexibility index (Phi) is 3.25. The summed E-state index contributed by atoms with van der Waals surface area (Å²) < 4.78 is 1.98. The summed E-state index contributed by atoms with van der Waals surface area (Å²) in [4.78, 5) is 6.06. The molecule has 0 saturated carbocycles. The van der Waals surface area contributed by atoms with Crippen LogP contribution in [-0.4, -0.2) is 39.8 Å². The van der Waals surface area contributed by atoms with Gasteiger partial charge in [-0.05, 0) is 7.05 Å². The summed E-state index contributed by atoms with van der Waals surface area (Å²) in [6.07, 6.45) is 3.62. The Bertz CT molecular complexity index is 234. The van der Waals surface area contributed by atoms with Crippen molar-refractivity contribution in [3.05, 3.63) is 18.2 Å². The largest absolute Gasteiger partial charge is 0.395 e. The number of hydrogen-bond donors (Lipinski definition) is 1. The number of aliphatic hydroxyl groups is 1. The van der Waals surface area contributed by atoms with Gasteiger partial charge in [0.2, 0.25) is 0 Å². The van der Waals surface area contributed by atoms with Gasteiger partial charge in [-0.1, -0.05) is 0 Å². The first-order valence-electron chi connectivity index (χ1n) is 3.98. The molecule has 0 saturated heterocycles. The van der Waals surface area contributed by atoms with Crippen molar-refractivity contribution in [3.63, 3.8) is 0 Å². The van der Waals surface area contributed by atoms with Crippen LogP contribution >= 0.6 is 0 Å². The van der Waals surface area contributed by atoms with Crippen LogP contribution in [0, 0.1) is 0 Å². The van der Waals surface area contributed by atoms with Crippen LogP contribution in [0.5, 0.6) is 0 Å². The van der Waals surface area contributed by atoms with Gasteiger partial charge in [-0.25, -0.2) is 4.98 Å². The summed E-state index contributed by atoms with van der Waals surface area (Å²) in [5, 5.41) is 8.67. The summed E-state index contributed by atoms with van der Waals surface area (Å²) in [5.74, 6) is 0. The Morgan fingerprint density at radius 3 is 2.92 bits per heavy atom. The topological polar surface area (TPSA) is 41.3 Å². The molecule has 1 aromatic heterocycles. The molecule has 0 amide bonds. The van der Waals surface area contributed by atoms with Crippen molar-refractivity contribution >= 4 is 0 Å². The number of hydrogen-bond acceptors (Lipinski definition) is 3. The molecule has 0 aromatic carbocycles. The summed E-state index contributed by atoms with van der Waals surface area (Å²) in [6.45, 7) is 1.73. The zero-order valence-corrected chi connectivity index (χ0v) is 7.56. The van der Waals surface area contributed by atoms with Crippen molar-refractivity contribution < 1.29 is 5.11 Å². The lowest BCUT2D eigenvalue weighted by Crippen LogP contribution is -2.22. The average molecular weight is 169 g/mol. The summed E-state index contributed by atoms with van der Waals surface area (Å²) in [7, 11) is 3.94. The number of nitrogens with zero attached hydrogens (tertiary/aromatic N) is 3. The standard InChI is InChI=1S/C8H15N3O/c1-10(3-4-12)6-8-5-9-7-11(8)2/h5,7,12H,3-4,6H2,1-2H3. The molecular weight excluding hydrogens is 154 g/mol. The Morgan fingerprint density at radius 1 is 1.67 bits per heavy atom. The lowest BCUT2D eigenvalue weighted by Gasteiger charge is -2.14. The third-order valence-electron chi connectivity index (χ3n) is 1.83. The highest BCUT2D eigenvalue weighted by molar-refractivity contribution is 4.96. The van der Waals surface area contributed by atoms with Crippen LogP contribution in [0.3, 0.4) is 0 Å². The first-order valence-corrected chi connectivity index (χ1v) is 3.98. The maximum atomic E-state index is 8.67. The van der Waals surface area contributed by atoms with E-state index in [2.05, 4.69) is 9.88 Å². The minimum atomic E-state index is 0.203. The predicted molar refractivity (Wildman–Crippen MR) is 46.6 cm³/mol. The van der Waals surface area contributed by atoms with Crippen molar-refractivity contribution in [1.82, 2.24) is 14.5 Å². The lowest BCUT2D eigenvalue weighted by molar-refractivity contribution is 0.215. The zero-order chi connectivity index (χ0) is 8.97. The van der Waals surface area contributed by atoms with E-state index in [0.29, 0.717) is 6.54 Å². The molecule has 12 heavy (non-hydrogen) atoms. The van der Waals surface area contributed by atoms with Crippen molar-refractivity contribution in [1.29, 1.82) is 0 Å². The fourth-order valence-electron chi connectivity index (χ4n) is 1.06. The minimum Gasteiger partial charge on any atom is -0.395 e. The monoisotopic (exact) mass is 169 g/mol. The quantitative estimate of drug-likeness (QED) is 0.681. The number of aliphatic hydroxyl groups excluding tert-OH is 1. The predicted octanol–water partition coefficient (Wildman–Crippen LogP) is -0.156. The van der Waals surface area contributed by atoms with E-state index >= 15 is 0 Å².